The summed E-state index contributed by atoms with van der Waals surface area (Å²) in [5, 5.41) is 3.21. The van der Waals surface area contributed by atoms with Gasteiger partial charge in [-0.1, -0.05) is 29.3 Å². The van der Waals surface area contributed by atoms with E-state index >= 15 is 0 Å². The third-order valence-electron chi connectivity index (χ3n) is 4.09. The highest BCUT2D eigenvalue weighted by Gasteiger charge is 2.21. The molecule has 8 heteroatoms. The quantitative estimate of drug-likeness (QED) is 0.593. The van der Waals surface area contributed by atoms with E-state index in [0.29, 0.717) is 22.0 Å². The number of rotatable bonds is 6. The molecule has 6 nitrogen and oxygen atoms in total. The number of methoxy groups -OCH3 is 1. The zero-order valence-corrected chi connectivity index (χ0v) is 17.3. The molecular formula is C21H19ClN2O4S. The summed E-state index contributed by atoms with van der Waals surface area (Å²) in [4.78, 5) is 12.4. The molecule has 0 spiro atoms. The van der Waals surface area contributed by atoms with Gasteiger partial charge >= 0.3 is 0 Å². The minimum atomic E-state index is -3.97. The Labute approximate surface area is 174 Å². The van der Waals surface area contributed by atoms with Gasteiger partial charge in [-0.05, 0) is 61.5 Å². The summed E-state index contributed by atoms with van der Waals surface area (Å²) < 4.78 is 33.4. The van der Waals surface area contributed by atoms with Crippen LogP contribution >= 0.6 is 11.6 Å². The predicted molar refractivity (Wildman–Crippen MR) is 114 cm³/mol. The van der Waals surface area contributed by atoms with E-state index in [9.17, 15) is 13.2 Å². The summed E-state index contributed by atoms with van der Waals surface area (Å²) in [5.41, 5.74) is 2.10. The predicted octanol–water partition coefficient (Wildman–Crippen LogP) is 4.71. The van der Waals surface area contributed by atoms with Crippen LogP contribution in [0.4, 0.5) is 11.4 Å². The van der Waals surface area contributed by atoms with Crippen LogP contribution in [0.25, 0.3) is 0 Å². The lowest BCUT2D eigenvalue weighted by Gasteiger charge is -2.14. The highest BCUT2D eigenvalue weighted by Crippen LogP contribution is 2.29. The van der Waals surface area contributed by atoms with Crippen LogP contribution in [0.3, 0.4) is 0 Å². The molecule has 3 rings (SSSR count). The fourth-order valence-electron chi connectivity index (χ4n) is 2.68. The number of sulfonamides is 1. The second kappa shape index (κ2) is 8.55. The molecule has 0 fully saturated rings. The first-order valence-electron chi connectivity index (χ1n) is 8.63. The molecule has 0 unspecified atom stereocenters. The standard InChI is InChI=1S/C21H19ClN2O4S/c1-14-4-3-5-15(12-14)21(25)23-18-10-11-19(28-2)20(13-18)29(26,27)24-17-8-6-16(22)7-9-17/h3-13,24H,1-2H3,(H,23,25). The molecule has 0 heterocycles. The number of hydrogen-bond donors (Lipinski definition) is 2. The summed E-state index contributed by atoms with van der Waals surface area (Å²) in [6.07, 6.45) is 0. The molecule has 3 aromatic rings. The number of carbonyl (C=O) groups is 1. The first kappa shape index (κ1) is 20.7. The van der Waals surface area contributed by atoms with Gasteiger partial charge in [-0.3, -0.25) is 9.52 Å². The number of nitrogens with one attached hydrogen (secondary N) is 2. The van der Waals surface area contributed by atoms with E-state index in [1.165, 1.54) is 19.2 Å². The van der Waals surface area contributed by atoms with E-state index in [2.05, 4.69) is 10.0 Å². The van der Waals surface area contributed by atoms with E-state index in [1.807, 2.05) is 13.0 Å². The lowest BCUT2D eigenvalue weighted by Crippen LogP contribution is -2.16. The van der Waals surface area contributed by atoms with Crippen molar-refractivity contribution in [1.29, 1.82) is 0 Å². The fourth-order valence-corrected chi connectivity index (χ4v) is 4.06. The van der Waals surface area contributed by atoms with Crippen molar-refractivity contribution in [3.8, 4) is 5.75 Å². The van der Waals surface area contributed by atoms with Crippen molar-refractivity contribution in [2.45, 2.75) is 11.8 Å². The highest BCUT2D eigenvalue weighted by molar-refractivity contribution is 7.92. The van der Waals surface area contributed by atoms with Crippen LogP contribution in [0.2, 0.25) is 5.02 Å². The lowest BCUT2D eigenvalue weighted by molar-refractivity contribution is 0.102. The number of carbonyl (C=O) groups excluding carboxylic acids is 1. The van der Waals surface area contributed by atoms with Crippen molar-refractivity contribution in [2.75, 3.05) is 17.1 Å². The van der Waals surface area contributed by atoms with E-state index in [-0.39, 0.29) is 16.6 Å². The third-order valence-corrected chi connectivity index (χ3v) is 5.74. The highest BCUT2D eigenvalue weighted by atomic mass is 35.5. The summed E-state index contributed by atoms with van der Waals surface area (Å²) in [6, 6.07) is 17.8. The topological polar surface area (TPSA) is 84.5 Å². The van der Waals surface area contributed by atoms with Crippen molar-refractivity contribution in [1.82, 2.24) is 0 Å². The summed E-state index contributed by atoms with van der Waals surface area (Å²) in [7, 11) is -2.59. The molecular weight excluding hydrogens is 412 g/mol. The largest absolute Gasteiger partial charge is 0.495 e. The zero-order chi connectivity index (χ0) is 21.0. The minimum absolute atomic E-state index is 0.100. The lowest BCUT2D eigenvalue weighted by atomic mass is 10.1. The van der Waals surface area contributed by atoms with Gasteiger partial charge in [0.05, 0.1) is 7.11 Å². The molecule has 0 bridgehead atoms. The van der Waals surface area contributed by atoms with E-state index in [4.69, 9.17) is 16.3 Å². The zero-order valence-electron chi connectivity index (χ0n) is 15.8. The normalized spacial score (nSPS) is 11.0. The van der Waals surface area contributed by atoms with Crippen LogP contribution in [-0.2, 0) is 10.0 Å². The minimum Gasteiger partial charge on any atom is -0.495 e. The molecule has 29 heavy (non-hydrogen) atoms. The Balaban J connectivity index is 1.90. The average Bonchev–Trinajstić information content (AvgIpc) is 2.69. The Kier molecular flexibility index (Phi) is 6.10. The van der Waals surface area contributed by atoms with Gasteiger partial charge in [0.15, 0.2) is 0 Å². The Hall–Kier alpha value is -3.03. The second-order valence-corrected chi connectivity index (χ2v) is 8.39. The Bertz CT molecular complexity index is 1150. The van der Waals surface area contributed by atoms with Crippen molar-refractivity contribution in [2.24, 2.45) is 0 Å². The number of amides is 1. The molecule has 0 aliphatic rings. The molecule has 0 saturated carbocycles. The molecule has 0 aliphatic carbocycles. The maximum absolute atomic E-state index is 12.9. The van der Waals surface area contributed by atoms with Gasteiger partial charge in [-0.15, -0.1) is 0 Å². The summed E-state index contributed by atoms with van der Waals surface area (Å²) >= 11 is 5.84. The average molecular weight is 431 g/mol. The van der Waals surface area contributed by atoms with E-state index in [0.717, 1.165) is 5.56 Å². The smallest absolute Gasteiger partial charge is 0.265 e. The maximum atomic E-state index is 12.9. The van der Waals surface area contributed by atoms with Gasteiger partial charge in [0.2, 0.25) is 0 Å². The number of hydrogen-bond acceptors (Lipinski definition) is 4. The van der Waals surface area contributed by atoms with E-state index in [1.54, 1.807) is 48.5 Å². The Morgan fingerprint density at radius 1 is 0.966 bits per heavy atom. The van der Waals surface area contributed by atoms with Gasteiger partial charge in [-0.2, -0.15) is 0 Å². The molecule has 0 saturated heterocycles. The van der Waals surface area contributed by atoms with Crippen LogP contribution in [0.15, 0.2) is 71.6 Å². The third kappa shape index (κ3) is 5.07. The molecule has 1 amide bonds. The first-order valence-corrected chi connectivity index (χ1v) is 10.5. The fraction of sp³-hybridized carbons (Fsp3) is 0.0952. The molecule has 0 aliphatic heterocycles. The molecule has 0 atom stereocenters. The maximum Gasteiger partial charge on any atom is 0.265 e. The number of aryl methyl sites for hydroxylation is 1. The Morgan fingerprint density at radius 2 is 1.66 bits per heavy atom. The van der Waals surface area contributed by atoms with Gasteiger partial charge in [0.25, 0.3) is 15.9 Å². The summed E-state index contributed by atoms with van der Waals surface area (Å²) in [6.45, 7) is 1.89. The van der Waals surface area contributed by atoms with Crippen molar-refractivity contribution in [3.05, 3.63) is 82.9 Å². The molecule has 2 N–H and O–H groups in total. The number of benzene rings is 3. The number of halogens is 1. The van der Waals surface area contributed by atoms with Crippen LogP contribution in [0.5, 0.6) is 5.75 Å². The second-order valence-electron chi connectivity index (χ2n) is 6.30. The van der Waals surface area contributed by atoms with Crippen LogP contribution in [0.1, 0.15) is 15.9 Å². The summed E-state index contributed by atoms with van der Waals surface area (Å²) in [5.74, 6) is -0.187. The van der Waals surface area contributed by atoms with Crippen LogP contribution < -0.4 is 14.8 Å². The molecule has 0 aromatic heterocycles. The van der Waals surface area contributed by atoms with Gasteiger partial charge in [0, 0.05) is 22.0 Å². The first-order chi connectivity index (χ1) is 13.8. The van der Waals surface area contributed by atoms with Gasteiger partial charge in [0.1, 0.15) is 10.6 Å². The van der Waals surface area contributed by atoms with Crippen molar-refractivity contribution >= 4 is 38.9 Å². The number of anilines is 2. The SMILES string of the molecule is COc1ccc(NC(=O)c2cccc(C)c2)cc1S(=O)(=O)Nc1ccc(Cl)cc1. The Morgan fingerprint density at radius 3 is 2.31 bits per heavy atom. The number of ether oxygens (including phenoxy) is 1. The molecule has 150 valence electrons. The van der Waals surface area contributed by atoms with Gasteiger partial charge < -0.3 is 10.1 Å². The van der Waals surface area contributed by atoms with Gasteiger partial charge in [-0.25, -0.2) is 8.42 Å². The molecule has 3 aromatic carbocycles. The monoisotopic (exact) mass is 430 g/mol. The van der Waals surface area contributed by atoms with Crippen LogP contribution in [-0.4, -0.2) is 21.4 Å². The molecule has 0 radical (unpaired) electrons. The van der Waals surface area contributed by atoms with E-state index < -0.39 is 10.0 Å². The van der Waals surface area contributed by atoms with Crippen molar-refractivity contribution in [3.63, 3.8) is 0 Å². The van der Waals surface area contributed by atoms with Crippen LogP contribution in [0, 0.1) is 6.92 Å². The van der Waals surface area contributed by atoms with Crippen molar-refractivity contribution < 1.29 is 17.9 Å².